The smallest absolute Gasteiger partial charge is 0.264 e. The van der Waals surface area contributed by atoms with Crippen LogP contribution in [0.3, 0.4) is 0 Å². The quantitative estimate of drug-likeness (QED) is 0.669. The summed E-state index contributed by atoms with van der Waals surface area (Å²) in [6.07, 6.45) is 0.762. The molecule has 0 N–H and O–H groups in total. The molecule has 1 heterocycles. The Hall–Kier alpha value is -0.410. The number of halogens is 1. The van der Waals surface area contributed by atoms with Crippen molar-refractivity contribution in [2.45, 2.75) is 20.3 Å². The average Bonchev–Trinajstić information content (AvgIpc) is 2.30. The zero-order valence-electron chi connectivity index (χ0n) is 6.35. The first-order valence-corrected chi connectivity index (χ1v) is 4.50. The van der Waals surface area contributed by atoms with Crippen molar-refractivity contribution in [2.75, 3.05) is 0 Å². The second kappa shape index (κ2) is 3.32. The van der Waals surface area contributed by atoms with Crippen LogP contribution in [0.5, 0.6) is 0 Å². The van der Waals surface area contributed by atoms with Gasteiger partial charge in [-0.1, -0.05) is 6.92 Å². The molecular formula is C7H8ClNOS. The predicted octanol–water partition coefficient (Wildman–Crippen LogP) is 2.39. The van der Waals surface area contributed by atoms with Gasteiger partial charge in [-0.25, -0.2) is 4.98 Å². The van der Waals surface area contributed by atoms with Gasteiger partial charge in [0.2, 0.25) is 0 Å². The van der Waals surface area contributed by atoms with Gasteiger partial charge in [-0.3, -0.25) is 4.79 Å². The fourth-order valence-corrected chi connectivity index (χ4v) is 1.93. The Bertz CT molecular complexity index is 282. The number of nitrogens with zero attached hydrogens (tertiary/aromatic N) is 1. The van der Waals surface area contributed by atoms with E-state index in [1.165, 1.54) is 11.3 Å². The van der Waals surface area contributed by atoms with Gasteiger partial charge in [0, 0.05) is 0 Å². The summed E-state index contributed by atoms with van der Waals surface area (Å²) in [5, 5.41) is 0.498. The van der Waals surface area contributed by atoms with Crippen molar-refractivity contribution in [2.24, 2.45) is 0 Å². The lowest BCUT2D eigenvalue weighted by Gasteiger charge is -1.88. The highest BCUT2D eigenvalue weighted by atomic mass is 35.5. The van der Waals surface area contributed by atoms with Crippen molar-refractivity contribution < 1.29 is 4.79 Å². The van der Waals surface area contributed by atoms with Crippen LogP contribution in [0.15, 0.2) is 0 Å². The van der Waals surface area contributed by atoms with Crippen LogP contribution < -0.4 is 0 Å². The summed E-state index contributed by atoms with van der Waals surface area (Å²) in [6.45, 7) is 3.82. The lowest BCUT2D eigenvalue weighted by molar-refractivity contribution is 0.108. The normalized spacial score (nSPS) is 10.1. The van der Waals surface area contributed by atoms with Crippen LogP contribution in [-0.4, -0.2) is 10.2 Å². The Kier molecular flexibility index (Phi) is 2.62. The van der Waals surface area contributed by atoms with Gasteiger partial charge in [0.05, 0.1) is 10.7 Å². The van der Waals surface area contributed by atoms with Gasteiger partial charge in [-0.2, -0.15) is 0 Å². The molecule has 1 aromatic rings. The minimum Gasteiger partial charge on any atom is -0.275 e. The van der Waals surface area contributed by atoms with Crippen molar-refractivity contribution in [1.29, 1.82) is 0 Å². The highest BCUT2D eigenvalue weighted by Gasteiger charge is 2.12. The Balaban J connectivity index is 3.12. The van der Waals surface area contributed by atoms with Crippen LogP contribution in [0.2, 0.25) is 0 Å². The van der Waals surface area contributed by atoms with E-state index >= 15 is 0 Å². The number of carbonyl (C=O) groups excluding carboxylic acids is 1. The number of hydrogen-bond donors (Lipinski definition) is 0. The first-order valence-electron chi connectivity index (χ1n) is 3.31. The van der Waals surface area contributed by atoms with Gasteiger partial charge in [0.15, 0.2) is 0 Å². The minimum absolute atomic E-state index is 0.396. The highest BCUT2D eigenvalue weighted by molar-refractivity contribution is 7.15. The van der Waals surface area contributed by atoms with E-state index in [2.05, 4.69) is 4.98 Å². The van der Waals surface area contributed by atoms with Gasteiger partial charge in [0.1, 0.15) is 4.88 Å². The van der Waals surface area contributed by atoms with Gasteiger partial charge in [-0.15, -0.1) is 11.3 Å². The molecule has 0 spiro atoms. The van der Waals surface area contributed by atoms with E-state index in [1.807, 2.05) is 13.8 Å². The molecule has 0 aliphatic carbocycles. The molecule has 0 aliphatic rings. The summed E-state index contributed by atoms with van der Waals surface area (Å²) < 4.78 is 0. The number of aryl methyl sites for hydroxylation is 2. The van der Waals surface area contributed by atoms with Crippen LogP contribution in [0.1, 0.15) is 27.3 Å². The van der Waals surface area contributed by atoms with Crippen molar-refractivity contribution in [3.8, 4) is 0 Å². The zero-order valence-corrected chi connectivity index (χ0v) is 7.92. The molecule has 0 aliphatic heterocycles. The number of aromatic nitrogens is 1. The maximum atomic E-state index is 10.8. The van der Waals surface area contributed by atoms with E-state index in [1.54, 1.807) is 0 Å². The first-order chi connectivity index (χ1) is 5.15. The molecule has 0 unspecified atom stereocenters. The van der Waals surface area contributed by atoms with E-state index in [-0.39, 0.29) is 0 Å². The van der Waals surface area contributed by atoms with E-state index in [0.29, 0.717) is 4.88 Å². The van der Waals surface area contributed by atoms with E-state index in [4.69, 9.17) is 11.6 Å². The SMILES string of the molecule is CCc1nc(C)sc1C(=O)Cl. The summed E-state index contributed by atoms with van der Waals surface area (Å²) in [4.78, 5) is 15.5. The van der Waals surface area contributed by atoms with Crippen LogP contribution in [0.25, 0.3) is 0 Å². The third-order valence-corrected chi connectivity index (χ3v) is 2.63. The molecule has 0 bridgehead atoms. The number of thiazole rings is 1. The Labute approximate surface area is 74.2 Å². The fourth-order valence-electron chi connectivity index (χ4n) is 0.863. The number of hydrogen-bond acceptors (Lipinski definition) is 3. The lowest BCUT2D eigenvalue weighted by Crippen LogP contribution is -1.90. The van der Waals surface area contributed by atoms with Gasteiger partial charge in [-0.05, 0) is 24.9 Å². The predicted molar refractivity (Wildman–Crippen MR) is 46.4 cm³/mol. The molecule has 1 rings (SSSR count). The molecule has 0 aromatic carbocycles. The van der Waals surface area contributed by atoms with E-state index < -0.39 is 5.24 Å². The van der Waals surface area contributed by atoms with Crippen LogP contribution in [0.4, 0.5) is 0 Å². The van der Waals surface area contributed by atoms with Gasteiger partial charge < -0.3 is 0 Å². The largest absolute Gasteiger partial charge is 0.275 e. The molecule has 4 heteroatoms. The van der Waals surface area contributed by atoms with E-state index in [0.717, 1.165) is 17.1 Å². The third kappa shape index (κ3) is 1.79. The molecule has 0 amide bonds. The van der Waals surface area contributed by atoms with E-state index in [9.17, 15) is 4.79 Å². The van der Waals surface area contributed by atoms with Crippen LogP contribution >= 0.6 is 22.9 Å². The lowest BCUT2D eigenvalue weighted by atomic mass is 10.3. The van der Waals surface area contributed by atoms with Gasteiger partial charge >= 0.3 is 0 Å². The van der Waals surface area contributed by atoms with Crippen LogP contribution in [-0.2, 0) is 6.42 Å². The van der Waals surface area contributed by atoms with Crippen molar-refractivity contribution in [1.82, 2.24) is 4.98 Å². The summed E-state index contributed by atoms with van der Waals surface area (Å²) in [5.74, 6) is 0. The summed E-state index contributed by atoms with van der Waals surface area (Å²) in [7, 11) is 0. The molecule has 0 atom stereocenters. The Morgan fingerprint density at radius 1 is 1.73 bits per heavy atom. The molecule has 11 heavy (non-hydrogen) atoms. The molecular weight excluding hydrogens is 182 g/mol. The third-order valence-electron chi connectivity index (χ3n) is 1.32. The Morgan fingerprint density at radius 3 is 2.73 bits per heavy atom. The molecule has 0 radical (unpaired) electrons. The monoisotopic (exact) mass is 189 g/mol. The zero-order chi connectivity index (χ0) is 8.43. The van der Waals surface area contributed by atoms with Crippen LogP contribution in [0, 0.1) is 6.92 Å². The highest BCUT2D eigenvalue weighted by Crippen LogP contribution is 2.20. The Morgan fingerprint density at radius 2 is 2.36 bits per heavy atom. The fraction of sp³-hybridized carbons (Fsp3) is 0.429. The average molecular weight is 190 g/mol. The second-order valence-corrected chi connectivity index (χ2v) is 3.68. The summed E-state index contributed by atoms with van der Waals surface area (Å²) >= 11 is 6.69. The van der Waals surface area contributed by atoms with Crippen molar-refractivity contribution >= 4 is 28.2 Å². The molecule has 1 aromatic heterocycles. The number of carbonyl (C=O) groups is 1. The van der Waals surface area contributed by atoms with Gasteiger partial charge in [0.25, 0.3) is 5.24 Å². The number of rotatable bonds is 2. The minimum atomic E-state index is -0.396. The molecule has 0 saturated carbocycles. The maximum absolute atomic E-state index is 10.8. The van der Waals surface area contributed by atoms with Crippen molar-refractivity contribution in [3.63, 3.8) is 0 Å². The second-order valence-electron chi connectivity index (χ2n) is 2.14. The maximum Gasteiger partial charge on any atom is 0.264 e. The molecule has 0 fully saturated rings. The topological polar surface area (TPSA) is 30.0 Å². The molecule has 60 valence electrons. The molecule has 0 saturated heterocycles. The van der Waals surface area contributed by atoms with Crippen molar-refractivity contribution in [3.05, 3.63) is 15.6 Å². The standard InChI is InChI=1S/C7H8ClNOS/c1-3-5-6(7(8)10)11-4(2)9-5/h3H2,1-2H3. The summed E-state index contributed by atoms with van der Waals surface area (Å²) in [5.41, 5.74) is 0.813. The molecule has 2 nitrogen and oxygen atoms in total. The first kappa shape index (κ1) is 8.68. The summed E-state index contributed by atoms with van der Waals surface area (Å²) in [6, 6.07) is 0.